The number of sulfonamides is 1. The van der Waals surface area contributed by atoms with Crippen molar-refractivity contribution in [1.82, 2.24) is 15.3 Å². The molecule has 2 aromatic heterocycles. The lowest BCUT2D eigenvalue weighted by Crippen LogP contribution is -2.50. The number of carbonyl (C=O) groups excluding carboxylic acids is 1. The monoisotopic (exact) mass is 453 g/mol. The van der Waals surface area contributed by atoms with E-state index in [-0.39, 0.29) is 30.1 Å². The van der Waals surface area contributed by atoms with Crippen LogP contribution in [0.1, 0.15) is 29.0 Å². The molecule has 162 valence electrons. The average molecular weight is 454 g/mol. The zero-order valence-electron chi connectivity index (χ0n) is 16.5. The van der Waals surface area contributed by atoms with Crippen LogP contribution in [0.4, 0.5) is 5.13 Å². The molecule has 0 aliphatic carbocycles. The van der Waals surface area contributed by atoms with Gasteiger partial charge >= 0.3 is 0 Å². The molecule has 0 aliphatic heterocycles. The van der Waals surface area contributed by atoms with Gasteiger partial charge in [0.05, 0.1) is 24.5 Å². The summed E-state index contributed by atoms with van der Waals surface area (Å²) in [7, 11) is -2.20. The van der Waals surface area contributed by atoms with Crippen LogP contribution in [0.25, 0.3) is 0 Å². The number of nitrogens with one attached hydrogen (secondary N) is 1. The van der Waals surface area contributed by atoms with Gasteiger partial charge in [-0.1, -0.05) is 6.07 Å². The summed E-state index contributed by atoms with van der Waals surface area (Å²) in [5, 5.41) is 33.6. The molecule has 0 fully saturated rings. The molecule has 2 rings (SSSR count). The lowest BCUT2D eigenvalue weighted by molar-refractivity contribution is -0.00663. The molecular weight excluding hydrogens is 430 g/mol. The van der Waals surface area contributed by atoms with Gasteiger partial charge in [0.15, 0.2) is 5.13 Å². The Morgan fingerprint density at radius 1 is 1.40 bits per heavy atom. The van der Waals surface area contributed by atoms with Crippen LogP contribution in [0.2, 0.25) is 0 Å². The zero-order valence-corrected chi connectivity index (χ0v) is 18.1. The van der Waals surface area contributed by atoms with Crippen LogP contribution in [0.5, 0.6) is 0 Å². The summed E-state index contributed by atoms with van der Waals surface area (Å²) < 4.78 is 24.2. The van der Waals surface area contributed by atoms with Crippen LogP contribution in [0.15, 0.2) is 29.8 Å². The second-order valence-electron chi connectivity index (χ2n) is 6.61. The van der Waals surface area contributed by atoms with Crippen LogP contribution in [0, 0.1) is 11.3 Å². The molecule has 2 aromatic rings. The predicted molar refractivity (Wildman–Crippen MR) is 111 cm³/mol. The molecule has 1 amide bonds. The maximum atomic E-state index is 12.7. The number of pyridine rings is 1. The first-order chi connectivity index (χ1) is 14.1. The highest BCUT2D eigenvalue weighted by Crippen LogP contribution is 2.21. The van der Waals surface area contributed by atoms with Gasteiger partial charge in [-0.15, -0.1) is 11.3 Å². The Labute approximate surface area is 178 Å². The Morgan fingerprint density at radius 3 is 2.73 bits per heavy atom. The number of anilines is 1. The van der Waals surface area contributed by atoms with Crippen molar-refractivity contribution in [2.24, 2.45) is 0 Å². The van der Waals surface area contributed by atoms with E-state index in [1.54, 1.807) is 24.4 Å². The molecular formula is C18H23N5O5S2. The normalized spacial score (nSPS) is 14.4. The van der Waals surface area contributed by atoms with Gasteiger partial charge in [0.25, 0.3) is 5.91 Å². The minimum Gasteiger partial charge on any atom is -0.390 e. The van der Waals surface area contributed by atoms with Crippen molar-refractivity contribution in [3.63, 3.8) is 0 Å². The fraction of sp³-hybridized carbons (Fsp3) is 0.444. The molecule has 10 nitrogen and oxygen atoms in total. The molecule has 0 saturated carbocycles. The number of hydrogen-bond acceptors (Lipinski definition) is 9. The topological polar surface area (TPSA) is 157 Å². The number of rotatable bonds is 10. The SMILES string of the molecule is CN(c1nc(C(=O)NC(Cc2ccccn2)C(O)C(O)CCC#N)cs1)S(C)(=O)=O. The van der Waals surface area contributed by atoms with E-state index in [1.807, 2.05) is 6.07 Å². The maximum absolute atomic E-state index is 12.7. The molecule has 0 bridgehead atoms. The fourth-order valence-corrected chi connectivity index (χ4v) is 4.09. The number of nitrogens with zero attached hydrogens (tertiary/aromatic N) is 4. The lowest BCUT2D eigenvalue weighted by atomic mass is 9.97. The van der Waals surface area contributed by atoms with Crippen molar-refractivity contribution in [2.45, 2.75) is 37.5 Å². The van der Waals surface area contributed by atoms with Gasteiger partial charge in [0.1, 0.15) is 11.8 Å². The van der Waals surface area contributed by atoms with Gasteiger partial charge in [0.2, 0.25) is 10.0 Å². The predicted octanol–water partition coefficient (Wildman–Crippen LogP) is 0.301. The zero-order chi connectivity index (χ0) is 22.3. The van der Waals surface area contributed by atoms with Crippen LogP contribution in [-0.2, 0) is 16.4 Å². The Morgan fingerprint density at radius 2 is 2.13 bits per heavy atom. The van der Waals surface area contributed by atoms with Gasteiger partial charge in [-0.05, 0) is 18.6 Å². The van der Waals surface area contributed by atoms with E-state index in [2.05, 4.69) is 15.3 Å². The summed E-state index contributed by atoms with van der Waals surface area (Å²) in [6.07, 6.45) is 0.262. The molecule has 3 unspecified atom stereocenters. The molecule has 0 radical (unpaired) electrons. The number of hydrogen-bond donors (Lipinski definition) is 3. The Balaban J connectivity index is 2.19. The van der Waals surface area contributed by atoms with Crippen molar-refractivity contribution in [1.29, 1.82) is 5.26 Å². The van der Waals surface area contributed by atoms with Crippen LogP contribution >= 0.6 is 11.3 Å². The number of thiazole rings is 1. The minimum absolute atomic E-state index is 0.0183. The number of aromatic nitrogens is 2. The molecule has 0 aromatic carbocycles. The van der Waals surface area contributed by atoms with E-state index in [0.717, 1.165) is 21.9 Å². The Kier molecular flexibility index (Phi) is 8.24. The first-order valence-corrected chi connectivity index (χ1v) is 11.7. The molecule has 3 atom stereocenters. The second-order valence-corrected chi connectivity index (χ2v) is 9.46. The smallest absolute Gasteiger partial charge is 0.271 e. The Hall–Kier alpha value is -2.59. The van der Waals surface area contributed by atoms with Crippen LogP contribution < -0.4 is 9.62 Å². The van der Waals surface area contributed by atoms with Crippen molar-refractivity contribution >= 4 is 32.4 Å². The highest BCUT2D eigenvalue weighted by Gasteiger charge is 2.29. The highest BCUT2D eigenvalue weighted by atomic mass is 32.2. The maximum Gasteiger partial charge on any atom is 0.271 e. The largest absolute Gasteiger partial charge is 0.390 e. The molecule has 30 heavy (non-hydrogen) atoms. The molecule has 12 heteroatoms. The number of aliphatic hydroxyl groups excluding tert-OH is 2. The number of amides is 1. The van der Waals surface area contributed by atoms with E-state index in [1.165, 1.54) is 12.4 Å². The van der Waals surface area contributed by atoms with Gasteiger partial charge in [-0.25, -0.2) is 17.7 Å². The summed E-state index contributed by atoms with van der Waals surface area (Å²) in [4.78, 5) is 20.9. The third kappa shape index (κ3) is 6.46. The van der Waals surface area contributed by atoms with E-state index in [4.69, 9.17) is 5.26 Å². The van der Waals surface area contributed by atoms with Crippen LogP contribution in [0.3, 0.4) is 0 Å². The average Bonchev–Trinajstić information content (AvgIpc) is 3.20. The van der Waals surface area contributed by atoms with Crippen molar-refractivity contribution in [3.8, 4) is 6.07 Å². The van der Waals surface area contributed by atoms with E-state index >= 15 is 0 Å². The molecule has 3 N–H and O–H groups in total. The quantitative estimate of drug-likeness (QED) is 0.464. The second kappa shape index (κ2) is 10.4. The summed E-state index contributed by atoms with van der Waals surface area (Å²) in [5.74, 6) is -0.633. The van der Waals surface area contributed by atoms with Gasteiger partial charge in [-0.2, -0.15) is 5.26 Å². The number of carbonyl (C=O) groups is 1. The van der Waals surface area contributed by atoms with Gasteiger partial charge in [0, 0.05) is 37.2 Å². The highest BCUT2D eigenvalue weighted by molar-refractivity contribution is 7.92. The summed E-state index contributed by atoms with van der Waals surface area (Å²) in [6.45, 7) is 0. The minimum atomic E-state index is -3.52. The summed E-state index contributed by atoms with van der Waals surface area (Å²) in [6, 6.07) is 6.20. The van der Waals surface area contributed by atoms with E-state index in [0.29, 0.717) is 5.69 Å². The van der Waals surface area contributed by atoms with Crippen molar-refractivity contribution < 1.29 is 23.4 Å². The van der Waals surface area contributed by atoms with Crippen molar-refractivity contribution in [2.75, 3.05) is 17.6 Å². The first-order valence-electron chi connectivity index (χ1n) is 8.96. The molecule has 0 saturated heterocycles. The molecule has 0 spiro atoms. The van der Waals surface area contributed by atoms with Gasteiger partial charge < -0.3 is 15.5 Å². The molecule has 2 heterocycles. The van der Waals surface area contributed by atoms with E-state index in [9.17, 15) is 23.4 Å². The van der Waals surface area contributed by atoms with Gasteiger partial charge in [-0.3, -0.25) is 9.78 Å². The van der Waals surface area contributed by atoms with Crippen molar-refractivity contribution in [3.05, 3.63) is 41.2 Å². The Bertz CT molecular complexity index is 990. The lowest BCUT2D eigenvalue weighted by Gasteiger charge is -2.27. The fourth-order valence-electron chi connectivity index (χ4n) is 2.55. The number of aliphatic hydroxyl groups is 2. The summed E-state index contributed by atoms with van der Waals surface area (Å²) >= 11 is 0.984. The first kappa shape index (κ1) is 23.7. The third-order valence-corrected chi connectivity index (χ3v) is 6.52. The third-order valence-electron chi connectivity index (χ3n) is 4.32. The standard InChI is InChI=1S/C18H23N5O5S2/c1-23(30(2,27)28)18-22-14(11-29-18)17(26)21-13(10-12-6-3-4-9-20-12)16(25)15(24)7-5-8-19/h3-4,6,9,11,13,15-16,24-25H,5,7,10H2,1-2H3,(H,21,26). The number of nitriles is 1. The summed E-state index contributed by atoms with van der Waals surface area (Å²) in [5.41, 5.74) is 0.570. The van der Waals surface area contributed by atoms with Crippen LogP contribution in [-0.4, -0.2) is 66.1 Å². The molecule has 0 aliphatic rings. The van der Waals surface area contributed by atoms with E-state index < -0.39 is 34.2 Å².